The maximum absolute atomic E-state index is 12.7. The van der Waals surface area contributed by atoms with Crippen LogP contribution in [0.2, 0.25) is 0 Å². The first kappa shape index (κ1) is 20.3. The molecule has 1 unspecified atom stereocenters. The molecule has 0 radical (unpaired) electrons. The molecular formula is C22H27F2N3O. The Morgan fingerprint density at radius 1 is 1.04 bits per heavy atom. The van der Waals surface area contributed by atoms with Crippen LogP contribution in [0.3, 0.4) is 0 Å². The van der Waals surface area contributed by atoms with E-state index in [0.29, 0.717) is 11.7 Å². The summed E-state index contributed by atoms with van der Waals surface area (Å²) >= 11 is 0. The third kappa shape index (κ3) is 5.09. The zero-order chi connectivity index (χ0) is 20.1. The molecule has 3 N–H and O–H groups in total. The molecule has 4 nitrogen and oxygen atoms in total. The van der Waals surface area contributed by atoms with Gasteiger partial charge in [-0.05, 0) is 42.7 Å². The summed E-state index contributed by atoms with van der Waals surface area (Å²) in [6.45, 7) is 6.56. The lowest BCUT2D eigenvalue weighted by atomic mass is 10.0. The van der Waals surface area contributed by atoms with Crippen LogP contribution in [0.1, 0.15) is 32.4 Å². The number of hydrazine groups is 1. The summed E-state index contributed by atoms with van der Waals surface area (Å²) in [7, 11) is 0. The molecule has 6 heteroatoms. The standard InChI is InChI=1S/C22H27F2N3O/c1-14(2)12-25-27-15(3)16-8-9-21(28-13-22(23)24)18(10-16)20-11-17-6-4-5-7-19(17)26-20/h4-11,14-15,22,25-27H,12-13H2,1-3H3. The van der Waals surface area contributed by atoms with Crippen LogP contribution in [0.5, 0.6) is 5.75 Å². The first-order valence-corrected chi connectivity index (χ1v) is 9.55. The zero-order valence-electron chi connectivity index (χ0n) is 16.4. The van der Waals surface area contributed by atoms with E-state index in [-0.39, 0.29) is 6.04 Å². The van der Waals surface area contributed by atoms with Crippen molar-refractivity contribution < 1.29 is 13.5 Å². The van der Waals surface area contributed by atoms with Crippen LogP contribution in [0.4, 0.5) is 8.78 Å². The molecule has 0 saturated heterocycles. The van der Waals surface area contributed by atoms with Crippen molar-refractivity contribution in [3.8, 4) is 17.0 Å². The van der Waals surface area contributed by atoms with Crippen LogP contribution in [0.15, 0.2) is 48.5 Å². The van der Waals surface area contributed by atoms with E-state index in [9.17, 15) is 8.78 Å². The summed E-state index contributed by atoms with van der Waals surface area (Å²) in [5.41, 5.74) is 10.2. The van der Waals surface area contributed by atoms with E-state index in [2.05, 4.69) is 36.6 Å². The fourth-order valence-electron chi connectivity index (χ4n) is 3.02. The van der Waals surface area contributed by atoms with E-state index in [1.807, 2.05) is 42.5 Å². The molecule has 28 heavy (non-hydrogen) atoms. The molecule has 1 atom stereocenters. The largest absolute Gasteiger partial charge is 0.487 e. The van der Waals surface area contributed by atoms with E-state index in [0.717, 1.165) is 34.3 Å². The highest BCUT2D eigenvalue weighted by molar-refractivity contribution is 5.87. The molecule has 150 valence electrons. The SMILES string of the molecule is CC(C)CNNC(C)c1ccc(OCC(F)F)c(-c2cc3ccccc3[nH]2)c1. The average Bonchev–Trinajstić information content (AvgIpc) is 3.09. The third-order valence-corrected chi connectivity index (χ3v) is 4.52. The van der Waals surface area contributed by atoms with Crippen LogP contribution in [-0.4, -0.2) is 24.6 Å². The summed E-state index contributed by atoms with van der Waals surface area (Å²) < 4.78 is 30.8. The normalized spacial score (nSPS) is 12.8. The van der Waals surface area contributed by atoms with E-state index >= 15 is 0 Å². The number of para-hydroxylation sites is 1. The Balaban J connectivity index is 1.91. The Hall–Kier alpha value is -2.44. The van der Waals surface area contributed by atoms with Crippen molar-refractivity contribution in [2.24, 2.45) is 5.92 Å². The maximum atomic E-state index is 12.7. The van der Waals surface area contributed by atoms with Gasteiger partial charge in [0.15, 0.2) is 0 Å². The van der Waals surface area contributed by atoms with Crippen molar-refractivity contribution in [2.75, 3.05) is 13.2 Å². The van der Waals surface area contributed by atoms with E-state index < -0.39 is 13.0 Å². The van der Waals surface area contributed by atoms with Gasteiger partial charge in [-0.3, -0.25) is 10.9 Å². The minimum absolute atomic E-state index is 0.0472. The lowest BCUT2D eigenvalue weighted by Gasteiger charge is -2.19. The lowest BCUT2D eigenvalue weighted by Crippen LogP contribution is -2.36. The quantitative estimate of drug-likeness (QED) is 0.437. The van der Waals surface area contributed by atoms with Gasteiger partial charge < -0.3 is 9.72 Å². The summed E-state index contributed by atoms with van der Waals surface area (Å²) in [5.74, 6) is 0.977. The summed E-state index contributed by atoms with van der Waals surface area (Å²) in [6.07, 6.45) is -2.52. The van der Waals surface area contributed by atoms with Crippen LogP contribution in [-0.2, 0) is 0 Å². The second-order valence-corrected chi connectivity index (χ2v) is 7.37. The smallest absolute Gasteiger partial charge is 0.272 e. The molecule has 0 aliphatic heterocycles. The number of nitrogens with one attached hydrogen (secondary N) is 3. The fraction of sp³-hybridized carbons (Fsp3) is 0.364. The van der Waals surface area contributed by atoms with Crippen molar-refractivity contribution in [1.29, 1.82) is 0 Å². The monoisotopic (exact) mass is 387 g/mol. The number of hydrogen-bond donors (Lipinski definition) is 3. The van der Waals surface area contributed by atoms with Gasteiger partial charge in [-0.15, -0.1) is 0 Å². The highest BCUT2D eigenvalue weighted by Crippen LogP contribution is 2.34. The number of ether oxygens (including phenoxy) is 1. The van der Waals surface area contributed by atoms with Gasteiger partial charge in [-0.25, -0.2) is 8.78 Å². The van der Waals surface area contributed by atoms with Crippen molar-refractivity contribution in [1.82, 2.24) is 15.8 Å². The summed E-state index contributed by atoms with van der Waals surface area (Å²) in [5, 5.41) is 1.06. The molecule has 2 aromatic carbocycles. The van der Waals surface area contributed by atoms with Crippen LogP contribution < -0.4 is 15.6 Å². The first-order valence-electron chi connectivity index (χ1n) is 9.55. The second kappa shape index (κ2) is 9.17. The molecule has 0 bridgehead atoms. The third-order valence-electron chi connectivity index (χ3n) is 4.52. The van der Waals surface area contributed by atoms with Crippen molar-refractivity contribution >= 4 is 10.9 Å². The van der Waals surface area contributed by atoms with E-state index in [4.69, 9.17) is 4.74 Å². The summed E-state index contributed by atoms with van der Waals surface area (Å²) in [4.78, 5) is 3.36. The second-order valence-electron chi connectivity index (χ2n) is 7.37. The number of aromatic amines is 1. The van der Waals surface area contributed by atoms with Crippen molar-refractivity contribution in [3.63, 3.8) is 0 Å². The number of alkyl halides is 2. The van der Waals surface area contributed by atoms with Gasteiger partial charge in [-0.2, -0.15) is 0 Å². The van der Waals surface area contributed by atoms with Gasteiger partial charge in [-0.1, -0.05) is 38.1 Å². The predicted octanol–water partition coefficient (Wildman–Crippen LogP) is 5.29. The van der Waals surface area contributed by atoms with Gasteiger partial charge in [0.2, 0.25) is 0 Å². The molecule has 0 saturated carbocycles. The maximum Gasteiger partial charge on any atom is 0.272 e. The Kier molecular flexibility index (Phi) is 6.65. The predicted molar refractivity (Wildman–Crippen MR) is 110 cm³/mol. The zero-order valence-corrected chi connectivity index (χ0v) is 16.4. The highest BCUT2D eigenvalue weighted by atomic mass is 19.3. The van der Waals surface area contributed by atoms with Crippen molar-refractivity contribution in [3.05, 3.63) is 54.1 Å². The van der Waals surface area contributed by atoms with Crippen LogP contribution in [0, 0.1) is 5.92 Å². The molecule has 0 aliphatic rings. The van der Waals surface area contributed by atoms with Gasteiger partial charge in [0.05, 0.1) is 5.69 Å². The molecular weight excluding hydrogens is 360 g/mol. The Bertz CT molecular complexity index is 875. The molecule has 1 heterocycles. The van der Waals surface area contributed by atoms with Gasteiger partial charge in [0, 0.05) is 29.1 Å². The minimum Gasteiger partial charge on any atom is -0.487 e. The summed E-state index contributed by atoms with van der Waals surface area (Å²) in [6, 6.07) is 15.6. The number of halogens is 2. The Morgan fingerprint density at radius 3 is 2.54 bits per heavy atom. The lowest BCUT2D eigenvalue weighted by molar-refractivity contribution is 0.0821. The molecule has 0 spiro atoms. The number of benzene rings is 2. The Labute approximate surface area is 164 Å². The van der Waals surface area contributed by atoms with Crippen LogP contribution in [0.25, 0.3) is 22.2 Å². The van der Waals surface area contributed by atoms with Gasteiger partial charge >= 0.3 is 0 Å². The number of H-pyrrole nitrogens is 1. The molecule has 3 aromatic rings. The topological polar surface area (TPSA) is 49.1 Å². The van der Waals surface area contributed by atoms with Crippen LogP contribution >= 0.6 is 0 Å². The molecule has 3 rings (SSSR count). The fourth-order valence-corrected chi connectivity index (χ4v) is 3.02. The average molecular weight is 387 g/mol. The number of rotatable bonds is 9. The van der Waals surface area contributed by atoms with E-state index in [1.54, 1.807) is 6.07 Å². The highest BCUT2D eigenvalue weighted by Gasteiger charge is 2.15. The molecule has 0 aliphatic carbocycles. The van der Waals surface area contributed by atoms with Gasteiger partial charge in [0.25, 0.3) is 6.43 Å². The number of hydrogen-bond acceptors (Lipinski definition) is 3. The molecule has 1 aromatic heterocycles. The molecule has 0 fully saturated rings. The van der Waals surface area contributed by atoms with E-state index in [1.165, 1.54) is 0 Å². The minimum atomic E-state index is -2.52. The Morgan fingerprint density at radius 2 is 1.82 bits per heavy atom. The van der Waals surface area contributed by atoms with Gasteiger partial charge in [0.1, 0.15) is 12.4 Å². The number of aromatic nitrogens is 1. The van der Waals surface area contributed by atoms with Crippen molar-refractivity contribution in [2.45, 2.75) is 33.2 Å². The molecule has 0 amide bonds. The first-order chi connectivity index (χ1) is 13.4. The number of fused-ring (bicyclic) bond motifs is 1.